The van der Waals surface area contributed by atoms with Gasteiger partial charge in [-0.25, -0.2) is 9.07 Å². The van der Waals surface area contributed by atoms with Crippen molar-refractivity contribution in [1.82, 2.24) is 9.78 Å². The molecule has 1 saturated heterocycles. The lowest BCUT2D eigenvalue weighted by atomic mass is 10.0. The Kier molecular flexibility index (Phi) is 5.10. The number of hydrogen-bond donors (Lipinski definition) is 1. The maximum atomic E-state index is 15.4. The lowest BCUT2D eigenvalue weighted by molar-refractivity contribution is -0.119. The Hall–Kier alpha value is -4.47. The van der Waals surface area contributed by atoms with Crippen molar-refractivity contribution in [2.75, 3.05) is 22.9 Å². The number of carbonyl (C=O) groups excluding carboxylic acids is 3. The molecule has 4 aromatic rings. The van der Waals surface area contributed by atoms with E-state index in [1.165, 1.54) is 18.4 Å². The van der Waals surface area contributed by atoms with Gasteiger partial charge < -0.3 is 20.0 Å². The third kappa shape index (κ3) is 3.36. The number of aromatic nitrogens is 2. The summed E-state index contributed by atoms with van der Waals surface area (Å²) in [6.07, 6.45) is 4.07. The highest BCUT2D eigenvalue weighted by molar-refractivity contribution is 6.09. The van der Waals surface area contributed by atoms with Gasteiger partial charge in [0.2, 0.25) is 5.91 Å². The Balaban J connectivity index is 1.40. The molecule has 0 aliphatic carbocycles. The van der Waals surface area contributed by atoms with Crippen molar-refractivity contribution in [2.24, 2.45) is 5.73 Å². The lowest BCUT2D eigenvalue weighted by Crippen LogP contribution is -2.39. The van der Waals surface area contributed by atoms with E-state index in [0.29, 0.717) is 42.8 Å². The summed E-state index contributed by atoms with van der Waals surface area (Å²) in [5.41, 5.74) is 7.76. The molecule has 0 saturated carbocycles. The summed E-state index contributed by atoms with van der Waals surface area (Å²) in [5, 5.41) is 4.49. The molecule has 182 valence electrons. The van der Waals surface area contributed by atoms with Crippen LogP contribution in [0.5, 0.6) is 0 Å². The van der Waals surface area contributed by atoms with Gasteiger partial charge in [0.15, 0.2) is 11.5 Å². The number of nitrogens with two attached hydrogens (primary N) is 1. The molecule has 0 atom stereocenters. The molecular weight excluding hydrogens is 465 g/mol. The van der Waals surface area contributed by atoms with E-state index in [4.69, 9.17) is 10.2 Å². The van der Waals surface area contributed by atoms with Crippen LogP contribution in [0.2, 0.25) is 0 Å². The number of benzene rings is 2. The monoisotopic (exact) mass is 487 g/mol. The number of primary amides is 1. The van der Waals surface area contributed by atoms with Crippen molar-refractivity contribution >= 4 is 40.1 Å². The minimum absolute atomic E-state index is 0.0156. The van der Waals surface area contributed by atoms with Crippen LogP contribution in [0.25, 0.3) is 16.7 Å². The standard InChI is InChI=1S/C26H22FN5O4/c27-22-17-11-14-36-20(17)9-8-19(22)32-24-18(23(29-32)25(28)34)10-13-31(26(24)35)16-6-4-15(5-7-16)30-12-2-1-3-21(30)33/h4-9,11,14H,1-3,10,12-13H2,(H2,28,34). The number of nitrogens with zero attached hydrogens (tertiary/aromatic N) is 4. The van der Waals surface area contributed by atoms with Crippen LogP contribution >= 0.6 is 0 Å². The predicted octanol–water partition coefficient (Wildman–Crippen LogP) is 3.58. The zero-order valence-corrected chi connectivity index (χ0v) is 19.2. The highest BCUT2D eigenvalue weighted by atomic mass is 19.1. The lowest BCUT2D eigenvalue weighted by Gasteiger charge is -2.29. The average Bonchev–Trinajstić information content (AvgIpc) is 3.51. The molecule has 0 spiro atoms. The highest BCUT2D eigenvalue weighted by Crippen LogP contribution is 2.32. The first kappa shape index (κ1) is 22.0. The second kappa shape index (κ2) is 8.33. The van der Waals surface area contributed by atoms with E-state index in [-0.39, 0.29) is 28.4 Å². The zero-order chi connectivity index (χ0) is 25.0. The maximum absolute atomic E-state index is 15.4. The molecule has 2 aliphatic rings. The third-order valence-electron chi connectivity index (χ3n) is 6.82. The van der Waals surface area contributed by atoms with E-state index in [1.807, 2.05) is 12.1 Å². The second-order valence-electron chi connectivity index (χ2n) is 8.91. The molecule has 36 heavy (non-hydrogen) atoms. The summed E-state index contributed by atoms with van der Waals surface area (Å²) in [6.45, 7) is 0.967. The Bertz CT molecular complexity index is 1540. The Labute approximate surface area is 204 Å². The molecule has 0 unspecified atom stereocenters. The Morgan fingerprint density at radius 3 is 2.42 bits per heavy atom. The maximum Gasteiger partial charge on any atom is 0.277 e. The van der Waals surface area contributed by atoms with Crippen molar-refractivity contribution in [3.63, 3.8) is 0 Å². The predicted molar refractivity (Wildman–Crippen MR) is 130 cm³/mol. The first-order chi connectivity index (χ1) is 17.4. The molecule has 10 heteroatoms. The Morgan fingerprint density at radius 2 is 1.69 bits per heavy atom. The molecule has 1 fully saturated rings. The SMILES string of the molecule is NC(=O)c1nn(-c2ccc3occc3c2F)c2c1CCN(c1ccc(N3CCCCC3=O)cc1)C2=O. The van der Waals surface area contributed by atoms with Gasteiger partial charge in [-0.1, -0.05) is 0 Å². The van der Waals surface area contributed by atoms with Gasteiger partial charge in [0, 0.05) is 36.4 Å². The molecule has 2 aromatic carbocycles. The fourth-order valence-corrected chi connectivity index (χ4v) is 5.03. The molecule has 3 amide bonds. The van der Waals surface area contributed by atoms with Gasteiger partial charge in [0.25, 0.3) is 11.8 Å². The van der Waals surface area contributed by atoms with E-state index in [0.717, 1.165) is 23.2 Å². The van der Waals surface area contributed by atoms with Gasteiger partial charge >= 0.3 is 0 Å². The quantitative estimate of drug-likeness (QED) is 0.473. The number of fused-ring (bicyclic) bond motifs is 2. The summed E-state index contributed by atoms with van der Waals surface area (Å²) >= 11 is 0. The largest absolute Gasteiger partial charge is 0.464 e. The molecule has 0 radical (unpaired) electrons. The fraction of sp³-hybridized carbons (Fsp3) is 0.231. The number of anilines is 2. The minimum atomic E-state index is -0.786. The van der Waals surface area contributed by atoms with Crippen molar-refractivity contribution in [3.8, 4) is 5.69 Å². The summed E-state index contributed by atoms with van der Waals surface area (Å²) in [6, 6.07) is 11.7. The molecule has 2 N–H and O–H groups in total. The number of rotatable bonds is 4. The van der Waals surface area contributed by atoms with Gasteiger partial charge in [0.05, 0.1) is 11.6 Å². The van der Waals surface area contributed by atoms with Crippen LogP contribution < -0.4 is 15.5 Å². The summed E-state index contributed by atoms with van der Waals surface area (Å²) in [5.74, 6) is -1.74. The third-order valence-corrected chi connectivity index (χ3v) is 6.82. The number of piperidine rings is 1. The Morgan fingerprint density at radius 1 is 0.944 bits per heavy atom. The molecular formula is C26H22FN5O4. The van der Waals surface area contributed by atoms with Gasteiger partial charge in [-0.2, -0.15) is 5.10 Å². The normalized spacial score (nSPS) is 16.0. The molecule has 2 aromatic heterocycles. The summed E-state index contributed by atoms with van der Waals surface area (Å²) in [4.78, 5) is 41.4. The smallest absolute Gasteiger partial charge is 0.277 e. The van der Waals surface area contributed by atoms with Crippen LogP contribution in [0.15, 0.2) is 53.1 Å². The number of halogens is 1. The van der Waals surface area contributed by atoms with Gasteiger partial charge in [-0.15, -0.1) is 0 Å². The van der Waals surface area contributed by atoms with Crippen LogP contribution in [0, 0.1) is 5.82 Å². The minimum Gasteiger partial charge on any atom is -0.464 e. The first-order valence-corrected chi connectivity index (χ1v) is 11.7. The van der Waals surface area contributed by atoms with Gasteiger partial charge in [-0.05, 0) is 61.7 Å². The number of carbonyl (C=O) groups is 3. The van der Waals surface area contributed by atoms with Crippen molar-refractivity contribution in [1.29, 1.82) is 0 Å². The average molecular weight is 487 g/mol. The number of furan rings is 1. The van der Waals surface area contributed by atoms with Gasteiger partial charge in [0.1, 0.15) is 17.0 Å². The van der Waals surface area contributed by atoms with Crippen LogP contribution in [-0.4, -0.2) is 40.6 Å². The van der Waals surface area contributed by atoms with Crippen LogP contribution in [0.3, 0.4) is 0 Å². The van der Waals surface area contributed by atoms with Crippen LogP contribution in [0.4, 0.5) is 15.8 Å². The second-order valence-corrected chi connectivity index (χ2v) is 8.91. The highest BCUT2D eigenvalue weighted by Gasteiger charge is 2.35. The van der Waals surface area contributed by atoms with Crippen molar-refractivity contribution < 1.29 is 23.2 Å². The van der Waals surface area contributed by atoms with E-state index < -0.39 is 17.6 Å². The number of hydrogen-bond acceptors (Lipinski definition) is 5. The van der Waals surface area contributed by atoms with E-state index in [2.05, 4.69) is 5.10 Å². The van der Waals surface area contributed by atoms with Crippen LogP contribution in [0.1, 0.15) is 45.8 Å². The van der Waals surface area contributed by atoms with E-state index in [9.17, 15) is 14.4 Å². The zero-order valence-electron chi connectivity index (χ0n) is 19.2. The van der Waals surface area contributed by atoms with E-state index in [1.54, 1.807) is 28.0 Å². The fourth-order valence-electron chi connectivity index (χ4n) is 5.03. The molecule has 9 nitrogen and oxygen atoms in total. The first-order valence-electron chi connectivity index (χ1n) is 11.7. The van der Waals surface area contributed by atoms with Crippen molar-refractivity contribution in [2.45, 2.75) is 25.7 Å². The molecule has 0 bridgehead atoms. The summed E-state index contributed by atoms with van der Waals surface area (Å²) < 4.78 is 21.8. The topological polar surface area (TPSA) is 115 Å². The van der Waals surface area contributed by atoms with Crippen LogP contribution in [-0.2, 0) is 11.2 Å². The van der Waals surface area contributed by atoms with Gasteiger partial charge in [-0.3, -0.25) is 14.4 Å². The summed E-state index contributed by atoms with van der Waals surface area (Å²) in [7, 11) is 0. The van der Waals surface area contributed by atoms with Crippen molar-refractivity contribution in [3.05, 3.63) is 71.5 Å². The number of amides is 3. The molecule has 4 heterocycles. The van der Waals surface area contributed by atoms with E-state index >= 15 is 4.39 Å². The molecule has 2 aliphatic heterocycles. The molecule has 6 rings (SSSR count).